The highest BCUT2D eigenvalue weighted by Gasteiger charge is 2.18. The van der Waals surface area contributed by atoms with Crippen molar-refractivity contribution in [3.8, 4) is 0 Å². The van der Waals surface area contributed by atoms with Gasteiger partial charge >= 0.3 is 0 Å². The molecular weight excluding hydrogens is 238 g/mol. The maximum Gasteiger partial charge on any atom is 0.170 e. The van der Waals surface area contributed by atoms with E-state index in [1.54, 1.807) is 0 Å². The molecule has 1 aromatic carbocycles. The van der Waals surface area contributed by atoms with Crippen molar-refractivity contribution in [3.63, 3.8) is 0 Å². The molecule has 1 aliphatic heterocycles. The third-order valence-electron chi connectivity index (χ3n) is 4.06. The number of rotatable bonds is 3. The second kappa shape index (κ2) is 6.06. The summed E-state index contributed by atoms with van der Waals surface area (Å²) < 4.78 is 0. The quantitative estimate of drug-likeness (QED) is 0.380. The zero-order chi connectivity index (χ0) is 13.8. The molecule has 1 atom stereocenters. The van der Waals surface area contributed by atoms with Crippen LogP contribution in [-0.4, -0.2) is 28.5 Å². The fourth-order valence-electron chi connectivity index (χ4n) is 2.70. The Kier molecular flexibility index (Phi) is 4.43. The number of oxime groups is 1. The van der Waals surface area contributed by atoms with E-state index < -0.39 is 0 Å². The molecule has 0 bridgehead atoms. The van der Waals surface area contributed by atoms with Gasteiger partial charge in [0.05, 0.1) is 0 Å². The minimum atomic E-state index is 0.168. The van der Waals surface area contributed by atoms with E-state index in [2.05, 4.69) is 30.0 Å². The molecular formula is C15H23N3O. The molecule has 0 amide bonds. The summed E-state index contributed by atoms with van der Waals surface area (Å²) in [6.07, 6.45) is 3.94. The molecule has 2 rings (SSSR count). The van der Waals surface area contributed by atoms with Crippen molar-refractivity contribution in [1.82, 2.24) is 4.90 Å². The van der Waals surface area contributed by atoms with Crippen LogP contribution in [0.1, 0.15) is 42.9 Å². The Morgan fingerprint density at radius 1 is 1.47 bits per heavy atom. The molecule has 1 aliphatic rings. The van der Waals surface area contributed by atoms with Crippen LogP contribution in [0, 0.1) is 6.92 Å². The maximum absolute atomic E-state index is 8.70. The molecule has 4 nitrogen and oxygen atoms in total. The lowest BCUT2D eigenvalue weighted by atomic mass is 10.00. The largest absolute Gasteiger partial charge is 0.409 e. The zero-order valence-electron chi connectivity index (χ0n) is 11.8. The summed E-state index contributed by atoms with van der Waals surface area (Å²) in [7, 11) is 0. The topological polar surface area (TPSA) is 61.9 Å². The third-order valence-corrected chi connectivity index (χ3v) is 4.06. The molecule has 1 unspecified atom stereocenters. The van der Waals surface area contributed by atoms with Crippen LogP contribution in [0.15, 0.2) is 23.4 Å². The Bertz CT molecular complexity index is 470. The highest BCUT2D eigenvalue weighted by atomic mass is 16.4. The molecule has 1 aromatic rings. The first-order chi connectivity index (χ1) is 9.11. The highest BCUT2D eigenvalue weighted by molar-refractivity contribution is 5.97. The van der Waals surface area contributed by atoms with Crippen LogP contribution >= 0.6 is 0 Å². The monoisotopic (exact) mass is 261 g/mol. The molecule has 1 saturated heterocycles. The summed E-state index contributed by atoms with van der Waals surface area (Å²) in [5.74, 6) is 0.168. The number of hydrogen-bond donors (Lipinski definition) is 2. The number of nitrogens with two attached hydrogens (primary N) is 1. The van der Waals surface area contributed by atoms with E-state index in [-0.39, 0.29) is 5.84 Å². The molecule has 1 fully saturated rings. The van der Waals surface area contributed by atoms with Gasteiger partial charge in [-0.2, -0.15) is 0 Å². The lowest BCUT2D eigenvalue weighted by Crippen LogP contribution is -2.36. The number of aryl methyl sites for hydroxylation is 1. The number of hydrogen-bond acceptors (Lipinski definition) is 3. The predicted molar refractivity (Wildman–Crippen MR) is 77.4 cm³/mol. The van der Waals surface area contributed by atoms with Gasteiger partial charge in [-0.05, 0) is 50.4 Å². The van der Waals surface area contributed by atoms with Crippen LogP contribution in [0.25, 0.3) is 0 Å². The SMILES string of the molecule is Cc1cc(/C(N)=N/O)ccc1CN1CCCCC1C. The second-order valence-electron chi connectivity index (χ2n) is 5.44. The molecule has 1 heterocycles. The van der Waals surface area contributed by atoms with E-state index in [1.165, 1.54) is 36.9 Å². The average Bonchev–Trinajstić information content (AvgIpc) is 2.42. The minimum absolute atomic E-state index is 0.168. The van der Waals surface area contributed by atoms with Crippen LogP contribution in [-0.2, 0) is 6.54 Å². The zero-order valence-corrected chi connectivity index (χ0v) is 11.8. The van der Waals surface area contributed by atoms with Crippen molar-refractivity contribution in [2.45, 2.75) is 45.7 Å². The summed E-state index contributed by atoms with van der Waals surface area (Å²) in [4.78, 5) is 2.54. The molecule has 19 heavy (non-hydrogen) atoms. The van der Waals surface area contributed by atoms with Gasteiger partial charge in [0.1, 0.15) is 0 Å². The first kappa shape index (κ1) is 13.9. The van der Waals surface area contributed by atoms with Crippen LogP contribution in [0.4, 0.5) is 0 Å². The Morgan fingerprint density at radius 2 is 2.26 bits per heavy atom. The molecule has 0 spiro atoms. The normalized spacial score (nSPS) is 21.6. The molecule has 0 saturated carbocycles. The van der Waals surface area contributed by atoms with Gasteiger partial charge in [-0.3, -0.25) is 4.90 Å². The first-order valence-corrected chi connectivity index (χ1v) is 6.93. The molecule has 0 aliphatic carbocycles. The van der Waals surface area contributed by atoms with Crippen molar-refractivity contribution in [2.24, 2.45) is 10.9 Å². The molecule has 0 radical (unpaired) electrons. The maximum atomic E-state index is 8.70. The minimum Gasteiger partial charge on any atom is -0.409 e. The van der Waals surface area contributed by atoms with E-state index in [0.29, 0.717) is 6.04 Å². The van der Waals surface area contributed by atoms with Gasteiger partial charge < -0.3 is 10.9 Å². The number of piperidine rings is 1. The summed E-state index contributed by atoms with van der Waals surface area (Å²) in [5.41, 5.74) is 8.90. The van der Waals surface area contributed by atoms with Crippen molar-refractivity contribution < 1.29 is 5.21 Å². The lowest BCUT2D eigenvalue weighted by Gasteiger charge is -2.33. The smallest absolute Gasteiger partial charge is 0.170 e. The van der Waals surface area contributed by atoms with Crippen molar-refractivity contribution in [1.29, 1.82) is 0 Å². The second-order valence-corrected chi connectivity index (χ2v) is 5.44. The number of likely N-dealkylation sites (tertiary alicyclic amines) is 1. The standard InChI is InChI=1S/C15H23N3O/c1-11-9-13(15(16)17-19)6-7-14(11)10-18-8-4-3-5-12(18)2/h6-7,9,12,19H,3-5,8,10H2,1-2H3,(H2,16,17). The van der Waals surface area contributed by atoms with Crippen molar-refractivity contribution >= 4 is 5.84 Å². The fraction of sp³-hybridized carbons (Fsp3) is 0.533. The van der Waals surface area contributed by atoms with E-state index in [0.717, 1.165) is 12.1 Å². The predicted octanol–water partition coefficient (Wildman–Crippen LogP) is 2.46. The summed E-state index contributed by atoms with van der Waals surface area (Å²) >= 11 is 0. The van der Waals surface area contributed by atoms with Gasteiger partial charge in [-0.25, -0.2) is 0 Å². The van der Waals surface area contributed by atoms with Gasteiger partial charge in [0, 0.05) is 18.2 Å². The summed E-state index contributed by atoms with van der Waals surface area (Å²) in [5, 5.41) is 11.7. The van der Waals surface area contributed by atoms with Gasteiger partial charge in [0.15, 0.2) is 5.84 Å². The van der Waals surface area contributed by atoms with Gasteiger partial charge in [-0.15, -0.1) is 0 Å². The lowest BCUT2D eigenvalue weighted by molar-refractivity contribution is 0.152. The Hall–Kier alpha value is -1.55. The number of amidine groups is 1. The Balaban J connectivity index is 2.12. The summed E-state index contributed by atoms with van der Waals surface area (Å²) in [6, 6.07) is 6.66. The molecule has 104 valence electrons. The van der Waals surface area contributed by atoms with Crippen LogP contribution in [0.3, 0.4) is 0 Å². The first-order valence-electron chi connectivity index (χ1n) is 6.93. The third kappa shape index (κ3) is 3.26. The van der Waals surface area contributed by atoms with Crippen LogP contribution in [0.2, 0.25) is 0 Å². The van der Waals surface area contributed by atoms with Crippen LogP contribution in [0.5, 0.6) is 0 Å². The highest BCUT2D eigenvalue weighted by Crippen LogP contribution is 2.21. The average molecular weight is 261 g/mol. The molecule has 0 aromatic heterocycles. The van der Waals surface area contributed by atoms with E-state index >= 15 is 0 Å². The van der Waals surface area contributed by atoms with Crippen LogP contribution < -0.4 is 5.73 Å². The Morgan fingerprint density at radius 3 is 2.89 bits per heavy atom. The van der Waals surface area contributed by atoms with Crippen molar-refractivity contribution in [2.75, 3.05) is 6.54 Å². The van der Waals surface area contributed by atoms with E-state index in [4.69, 9.17) is 10.9 Å². The van der Waals surface area contributed by atoms with Gasteiger partial charge in [-0.1, -0.05) is 23.7 Å². The summed E-state index contributed by atoms with van der Waals surface area (Å²) in [6.45, 7) is 6.56. The fourth-order valence-corrected chi connectivity index (χ4v) is 2.70. The molecule has 4 heteroatoms. The van der Waals surface area contributed by atoms with Crippen molar-refractivity contribution in [3.05, 3.63) is 34.9 Å². The van der Waals surface area contributed by atoms with Gasteiger partial charge in [0.2, 0.25) is 0 Å². The van der Waals surface area contributed by atoms with E-state index in [9.17, 15) is 0 Å². The number of benzene rings is 1. The number of nitrogens with zero attached hydrogens (tertiary/aromatic N) is 2. The molecule has 3 N–H and O–H groups in total. The Labute approximate surface area is 114 Å². The van der Waals surface area contributed by atoms with Gasteiger partial charge in [0.25, 0.3) is 0 Å². The van der Waals surface area contributed by atoms with E-state index in [1.807, 2.05) is 12.1 Å².